The minimum absolute atomic E-state index is 0.0666. The van der Waals surface area contributed by atoms with Crippen molar-refractivity contribution in [2.45, 2.75) is 0 Å². The molecule has 148 valence electrons. The lowest BCUT2D eigenvalue weighted by Gasteiger charge is -2.04. The molecule has 1 amide bonds. The normalized spacial score (nSPS) is 10.0. The minimum Gasteiger partial charge on any atom is -0.496 e. The number of hydrogen-bond acceptors (Lipinski definition) is 4. The summed E-state index contributed by atoms with van der Waals surface area (Å²) in [5.74, 6) is 4.02. The molecule has 3 aromatic rings. The Morgan fingerprint density at radius 2 is 1.97 bits per heavy atom. The van der Waals surface area contributed by atoms with E-state index in [1.165, 1.54) is 6.07 Å². The van der Waals surface area contributed by atoms with Crippen LogP contribution in [0.1, 0.15) is 10.5 Å². The van der Waals surface area contributed by atoms with E-state index in [4.69, 9.17) is 9.47 Å². The number of benzene rings is 2. The maximum atomic E-state index is 13.4. The van der Waals surface area contributed by atoms with Crippen LogP contribution in [-0.4, -0.2) is 36.4 Å². The average molecular weight is 397 g/mol. The molecule has 0 spiro atoms. The lowest BCUT2D eigenvalue weighted by atomic mass is 10.1. The molecule has 1 heterocycles. The summed E-state index contributed by atoms with van der Waals surface area (Å²) in [5.41, 5.74) is 1.61. The molecule has 3 rings (SSSR count). The highest BCUT2D eigenvalue weighted by atomic mass is 19.1. The predicted octanol–water partition coefficient (Wildman–Crippen LogP) is 3.18. The molecule has 2 aromatic carbocycles. The van der Waals surface area contributed by atoms with Gasteiger partial charge in [0, 0.05) is 11.6 Å². The highest BCUT2D eigenvalue weighted by molar-refractivity contribution is 5.93. The first-order chi connectivity index (χ1) is 14.1. The molecule has 2 N–H and O–H groups in total. The maximum absolute atomic E-state index is 13.4. The third kappa shape index (κ3) is 5.11. The van der Waals surface area contributed by atoms with Gasteiger partial charge in [-0.1, -0.05) is 24.0 Å². The first-order valence-electron chi connectivity index (χ1n) is 8.59. The van der Waals surface area contributed by atoms with E-state index in [1.54, 1.807) is 19.2 Å². The van der Waals surface area contributed by atoms with E-state index in [0.717, 1.165) is 17.7 Å². The van der Waals surface area contributed by atoms with E-state index in [2.05, 4.69) is 27.4 Å². The van der Waals surface area contributed by atoms with Gasteiger partial charge in [-0.25, -0.2) is 8.78 Å². The summed E-state index contributed by atoms with van der Waals surface area (Å²) in [4.78, 5) is 12.2. The zero-order valence-corrected chi connectivity index (χ0v) is 15.5. The topological polar surface area (TPSA) is 76.2 Å². The Kier molecular flexibility index (Phi) is 6.43. The first-order valence-corrected chi connectivity index (χ1v) is 8.59. The summed E-state index contributed by atoms with van der Waals surface area (Å²) in [6, 6.07) is 12.0. The van der Waals surface area contributed by atoms with Crippen molar-refractivity contribution in [3.8, 4) is 34.6 Å². The number of hydrogen-bond donors (Lipinski definition) is 2. The Morgan fingerprint density at radius 1 is 1.14 bits per heavy atom. The fourth-order valence-corrected chi connectivity index (χ4v) is 2.47. The number of aromatic nitrogens is 2. The van der Waals surface area contributed by atoms with Crippen LogP contribution in [0.3, 0.4) is 0 Å². The number of nitrogens with zero attached hydrogens (tertiary/aromatic N) is 1. The van der Waals surface area contributed by atoms with Crippen LogP contribution in [0.25, 0.3) is 11.3 Å². The van der Waals surface area contributed by atoms with Crippen molar-refractivity contribution in [3.63, 3.8) is 0 Å². The molecule has 0 bridgehead atoms. The fraction of sp³-hybridized carbons (Fsp3) is 0.143. The van der Waals surface area contributed by atoms with Gasteiger partial charge in [0.15, 0.2) is 11.6 Å². The molecule has 0 aliphatic rings. The minimum atomic E-state index is -0.801. The molecular weight excluding hydrogens is 380 g/mol. The molecule has 0 radical (unpaired) electrons. The summed E-state index contributed by atoms with van der Waals surface area (Å²) in [7, 11) is 1.56. The lowest BCUT2D eigenvalue weighted by Crippen LogP contribution is -2.24. The van der Waals surface area contributed by atoms with Crippen LogP contribution in [0.2, 0.25) is 0 Å². The molecule has 0 unspecified atom stereocenters. The molecule has 0 saturated carbocycles. The van der Waals surface area contributed by atoms with Crippen LogP contribution in [0.4, 0.5) is 8.78 Å². The van der Waals surface area contributed by atoms with Crippen LogP contribution < -0.4 is 14.8 Å². The molecule has 0 fully saturated rings. The van der Waals surface area contributed by atoms with Crippen molar-refractivity contribution >= 4 is 5.91 Å². The van der Waals surface area contributed by atoms with Gasteiger partial charge in [-0.05, 0) is 30.3 Å². The Bertz CT molecular complexity index is 1070. The quantitative estimate of drug-likeness (QED) is 0.627. The Hall–Kier alpha value is -3.86. The number of carbonyl (C=O) groups excluding carboxylic acids is 1. The third-order valence-electron chi connectivity index (χ3n) is 3.86. The van der Waals surface area contributed by atoms with Crippen molar-refractivity contribution in [1.82, 2.24) is 15.5 Å². The van der Waals surface area contributed by atoms with Crippen molar-refractivity contribution in [2.24, 2.45) is 0 Å². The van der Waals surface area contributed by atoms with Crippen molar-refractivity contribution in [2.75, 3.05) is 20.3 Å². The zero-order valence-electron chi connectivity index (χ0n) is 15.5. The first kappa shape index (κ1) is 19.9. The second kappa shape index (κ2) is 9.37. The summed E-state index contributed by atoms with van der Waals surface area (Å²) < 4.78 is 36.6. The van der Waals surface area contributed by atoms with Crippen LogP contribution in [0.15, 0.2) is 48.5 Å². The molecule has 0 aliphatic carbocycles. The van der Waals surface area contributed by atoms with Gasteiger partial charge in [0.1, 0.15) is 23.9 Å². The second-order valence-corrected chi connectivity index (χ2v) is 5.77. The summed E-state index contributed by atoms with van der Waals surface area (Å²) >= 11 is 0. The fourth-order valence-electron chi connectivity index (χ4n) is 2.47. The summed E-state index contributed by atoms with van der Waals surface area (Å²) in [6.07, 6.45) is 0. The van der Waals surface area contributed by atoms with Gasteiger partial charge in [-0.2, -0.15) is 5.10 Å². The number of methoxy groups -OCH3 is 1. The van der Waals surface area contributed by atoms with E-state index in [9.17, 15) is 13.6 Å². The third-order valence-corrected chi connectivity index (χ3v) is 3.86. The standard InChI is InChI=1S/C21H17F2N3O3/c1-28-19-7-3-2-6-15(19)17-13-18(26-25-17)21(27)24-10-4-5-11-29-20-9-8-14(22)12-16(20)23/h2-3,6-9,12-13H,10-11H2,1H3,(H,24,27)(H,25,26). The number of amides is 1. The Morgan fingerprint density at radius 3 is 2.76 bits per heavy atom. The number of H-pyrrole nitrogens is 1. The number of halogens is 2. The molecule has 0 aliphatic heterocycles. The summed E-state index contributed by atoms with van der Waals surface area (Å²) in [5, 5.41) is 9.43. The predicted molar refractivity (Wildman–Crippen MR) is 103 cm³/mol. The number of para-hydroxylation sites is 1. The van der Waals surface area contributed by atoms with Gasteiger partial charge in [-0.3, -0.25) is 9.89 Å². The highest BCUT2D eigenvalue weighted by Crippen LogP contribution is 2.28. The SMILES string of the molecule is COc1ccccc1-c1cc(C(=O)NCC#CCOc2ccc(F)cc2F)[nH]n1. The lowest BCUT2D eigenvalue weighted by molar-refractivity contribution is 0.0953. The van der Waals surface area contributed by atoms with Crippen molar-refractivity contribution in [3.05, 3.63) is 65.9 Å². The van der Waals surface area contributed by atoms with Gasteiger partial charge in [0.2, 0.25) is 0 Å². The van der Waals surface area contributed by atoms with Crippen LogP contribution >= 0.6 is 0 Å². The maximum Gasteiger partial charge on any atom is 0.270 e. The van der Waals surface area contributed by atoms with Crippen LogP contribution in [-0.2, 0) is 0 Å². The smallest absolute Gasteiger partial charge is 0.270 e. The molecule has 0 atom stereocenters. The number of rotatable bonds is 6. The van der Waals surface area contributed by atoms with E-state index in [1.807, 2.05) is 18.2 Å². The second-order valence-electron chi connectivity index (χ2n) is 5.77. The number of carbonyl (C=O) groups is 1. The molecule has 0 saturated heterocycles. The molecule has 8 heteroatoms. The number of ether oxygens (including phenoxy) is 2. The summed E-state index contributed by atoms with van der Waals surface area (Å²) in [6.45, 7) is -0.0302. The largest absolute Gasteiger partial charge is 0.496 e. The van der Waals surface area contributed by atoms with Crippen LogP contribution in [0, 0.1) is 23.5 Å². The van der Waals surface area contributed by atoms with Crippen molar-refractivity contribution < 1.29 is 23.0 Å². The van der Waals surface area contributed by atoms with E-state index >= 15 is 0 Å². The number of nitrogens with one attached hydrogen (secondary N) is 2. The monoisotopic (exact) mass is 397 g/mol. The van der Waals surface area contributed by atoms with Crippen molar-refractivity contribution in [1.29, 1.82) is 0 Å². The van der Waals surface area contributed by atoms with Gasteiger partial charge in [0.25, 0.3) is 5.91 Å². The number of aromatic amines is 1. The molecular formula is C21H17F2N3O3. The van der Waals surface area contributed by atoms with E-state index in [0.29, 0.717) is 11.4 Å². The van der Waals surface area contributed by atoms with E-state index < -0.39 is 11.6 Å². The molecule has 6 nitrogen and oxygen atoms in total. The van der Waals surface area contributed by atoms with Gasteiger partial charge < -0.3 is 14.8 Å². The van der Waals surface area contributed by atoms with Gasteiger partial charge >= 0.3 is 0 Å². The van der Waals surface area contributed by atoms with Gasteiger partial charge in [-0.15, -0.1) is 0 Å². The average Bonchev–Trinajstić information content (AvgIpc) is 3.22. The van der Waals surface area contributed by atoms with E-state index in [-0.39, 0.29) is 30.5 Å². The highest BCUT2D eigenvalue weighted by Gasteiger charge is 2.13. The van der Waals surface area contributed by atoms with Crippen LogP contribution in [0.5, 0.6) is 11.5 Å². The Labute approximate surface area is 165 Å². The Balaban J connectivity index is 1.51. The van der Waals surface area contributed by atoms with Gasteiger partial charge in [0.05, 0.1) is 19.3 Å². The molecule has 1 aromatic heterocycles. The molecule has 29 heavy (non-hydrogen) atoms. The zero-order chi connectivity index (χ0) is 20.6.